The van der Waals surface area contributed by atoms with Gasteiger partial charge in [0.15, 0.2) is 0 Å². The van der Waals surface area contributed by atoms with Crippen LogP contribution >= 0.6 is 11.6 Å². The normalized spacial score (nSPS) is 19.8. The Labute approximate surface area is 156 Å². The topological polar surface area (TPSA) is 80.5 Å². The zero-order chi connectivity index (χ0) is 18.1. The highest BCUT2D eigenvalue weighted by Gasteiger charge is 2.42. The smallest absolute Gasteiger partial charge is 0.318 e. The maximum Gasteiger partial charge on any atom is 0.318 e. The van der Waals surface area contributed by atoms with Crippen molar-refractivity contribution in [2.45, 2.75) is 37.8 Å². The summed E-state index contributed by atoms with van der Waals surface area (Å²) in [5.74, 6) is 0.846. The van der Waals surface area contributed by atoms with Crippen LogP contribution in [0.4, 0.5) is 4.79 Å². The summed E-state index contributed by atoms with van der Waals surface area (Å²) in [7, 11) is 0. The van der Waals surface area contributed by atoms with E-state index in [-0.39, 0.29) is 17.7 Å². The number of nitrogens with zero attached hydrogens (tertiary/aromatic N) is 3. The minimum atomic E-state index is -0.369. The highest BCUT2D eigenvalue weighted by Crippen LogP contribution is 2.36. The number of urea groups is 1. The molecule has 2 fully saturated rings. The van der Waals surface area contributed by atoms with E-state index in [1.165, 1.54) is 0 Å². The van der Waals surface area contributed by atoms with Crippen molar-refractivity contribution < 1.29 is 14.1 Å². The first-order valence-corrected chi connectivity index (χ1v) is 9.21. The molecule has 1 aromatic carbocycles. The molecule has 2 aliphatic heterocycles. The van der Waals surface area contributed by atoms with E-state index in [0.29, 0.717) is 29.8 Å². The fourth-order valence-electron chi connectivity index (χ4n) is 3.37. The number of halogens is 1. The van der Waals surface area contributed by atoms with Crippen molar-refractivity contribution in [2.75, 3.05) is 19.7 Å². The van der Waals surface area contributed by atoms with Crippen LogP contribution in [0.15, 0.2) is 28.8 Å². The van der Waals surface area contributed by atoms with Crippen LogP contribution in [-0.2, 0) is 4.74 Å². The summed E-state index contributed by atoms with van der Waals surface area (Å²) in [6.45, 7) is 4.09. The van der Waals surface area contributed by atoms with Crippen LogP contribution in [0, 0.1) is 0 Å². The zero-order valence-corrected chi connectivity index (χ0v) is 15.3. The van der Waals surface area contributed by atoms with Crippen molar-refractivity contribution in [1.82, 2.24) is 20.4 Å². The number of piperidine rings is 1. The van der Waals surface area contributed by atoms with Crippen molar-refractivity contribution in [3.05, 3.63) is 35.2 Å². The number of ether oxygens (including phenoxy) is 1. The zero-order valence-electron chi connectivity index (χ0n) is 14.6. The molecule has 0 aliphatic carbocycles. The number of amides is 2. The first kappa shape index (κ1) is 17.3. The van der Waals surface area contributed by atoms with Gasteiger partial charge in [-0.05, 0) is 50.5 Å². The van der Waals surface area contributed by atoms with Gasteiger partial charge in [0.1, 0.15) is 6.04 Å². The largest absolute Gasteiger partial charge is 0.375 e. The van der Waals surface area contributed by atoms with Crippen molar-refractivity contribution >= 4 is 17.6 Å². The molecule has 3 heterocycles. The van der Waals surface area contributed by atoms with Crippen LogP contribution in [0.1, 0.15) is 38.1 Å². The number of carbonyl (C=O) groups excluding carboxylic acids is 1. The average molecular weight is 377 g/mol. The van der Waals surface area contributed by atoms with Gasteiger partial charge in [0, 0.05) is 23.7 Å². The third kappa shape index (κ3) is 3.41. The quantitative estimate of drug-likeness (QED) is 0.887. The molecule has 0 radical (unpaired) electrons. The Morgan fingerprint density at radius 3 is 2.58 bits per heavy atom. The molecule has 2 aliphatic rings. The molecule has 1 aromatic heterocycles. The summed E-state index contributed by atoms with van der Waals surface area (Å²) in [4.78, 5) is 18.7. The Morgan fingerprint density at radius 1 is 1.27 bits per heavy atom. The lowest BCUT2D eigenvalue weighted by Crippen LogP contribution is -2.55. The molecule has 7 nitrogen and oxygen atoms in total. The fraction of sp³-hybridized carbons (Fsp3) is 0.500. The van der Waals surface area contributed by atoms with Crippen LogP contribution < -0.4 is 5.32 Å². The molecule has 4 rings (SSSR count). The fourth-order valence-corrected chi connectivity index (χ4v) is 3.49. The molecule has 26 heavy (non-hydrogen) atoms. The molecule has 0 saturated carbocycles. The first-order valence-electron chi connectivity index (χ1n) is 8.84. The molecular formula is C18H21ClN4O3. The van der Waals surface area contributed by atoms with Crippen molar-refractivity contribution in [2.24, 2.45) is 0 Å². The van der Waals surface area contributed by atoms with Crippen molar-refractivity contribution in [1.29, 1.82) is 0 Å². The summed E-state index contributed by atoms with van der Waals surface area (Å²) < 4.78 is 11.0. The van der Waals surface area contributed by atoms with Gasteiger partial charge in [0.25, 0.3) is 0 Å². The van der Waals surface area contributed by atoms with Crippen LogP contribution in [-0.4, -0.2) is 46.4 Å². The lowest BCUT2D eigenvalue weighted by Gasteiger charge is -2.47. The minimum Gasteiger partial charge on any atom is -0.375 e. The number of hydrogen-bond donors (Lipinski definition) is 1. The van der Waals surface area contributed by atoms with Gasteiger partial charge in [0.05, 0.1) is 12.2 Å². The Kier molecular flexibility index (Phi) is 4.58. The number of nitrogens with one attached hydrogen (secondary N) is 1. The number of rotatable bonds is 3. The third-order valence-corrected chi connectivity index (χ3v) is 5.43. The van der Waals surface area contributed by atoms with Crippen LogP contribution in [0.5, 0.6) is 0 Å². The Morgan fingerprint density at radius 2 is 1.96 bits per heavy atom. The van der Waals surface area contributed by atoms with E-state index in [4.69, 9.17) is 20.9 Å². The van der Waals surface area contributed by atoms with Crippen LogP contribution in [0.25, 0.3) is 11.4 Å². The van der Waals surface area contributed by atoms with Crippen molar-refractivity contribution in [3.63, 3.8) is 0 Å². The standard InChI is InChI=1S/C18H21ClN4O3/c1-12(16-21-15(22-26-16)13-2-4-14(19)5-3-13)20-17(24)23-9-6-18(7-10-23)8-11-25-18/h2-5,12H,6-11H2,1H3,(H,20,24)/t12-/m1/s1. The third-order valence-electron chi connectivity index (χ3n) is 5.18. The van der Waals surface area contributed by atoms with Gasteiger partial charge in [-0.2, -0.15) is 4.98 Å². The van der Waals surface area contributed by atoms with E-state index in [1.807, 2.05) is 24.0 Å². The molecule has 2 saturated heterocycles. The molecular weight excluding hydrogens is 356 g/mol. The molecule has 138 valence electrons. The average Bonchev–Trinajstić information content (AvgIpc) is 3.11. The predicted molar refractivity (Wildman–Crippen MR) is 95.8 cm³/mol. The van der Waals surface area contributed by atoms with E-state index in [9.17, 15) is 4.79 Å². The number of likely N-dealkylation sites (tertiary alicyclic amines) is 1. The minimum absolute atomic E-state index is 0.0301. The van der Waals surface area contributed by atoms with E-state index < -0.39 is 0 Å². The summed E-state index contributed by atoms with van der Waals surface area (Å²) in [5, 5.41) is 7.56. The van der Waals surface area contributed by atoms with Crippen molar-refractivity contribution in [3.8, 4) is 11.4 Å². The highest BCUT2D eigenvalue weighted by atomic mass is 35.5. The molecule has 1 spiro atoms. The highest BCUT2D eigenvalue weighted by molar-refractivity contribution is 6.30. The van der Waals surface area contributed by atoms with Gasteiger partial charge in [0.2, 0.25) is 11.7 Å². The molecule has 0 unspecified atom stereocenters. The van der Waals surface area contributed by atoms with E-state index >= 15 is 0 Å². The van der Waals surface area contributed by atoms with Gasteiger partial charge < -0.3 is 19.5 Å². The van der Waals surface area contributed by atoms with Crippen LogP contribution in [0.2, 0.25) is 5.02 Å². The van der Waals surface area contributed by atoms with Gasteiger partial charge in [-0.25, -0.2) is 4.79 Å². The van der Waals surface area contributed by atoms with Gasteiger partial charge >= 0.3 is 6.03 Å². The van der Waals surface area contributed by atoms with Gasteiger partial charge in [-0.3, -0.25) is 0 Å². The number of aromatic nitrogens is 2. The summed E-state index contributed by atoms with van der Waals surface area (Å²) in [5.41, 5.74) is 0.840. The number of hydrogen-bond acceptors (Lipinski definition) is 5. The SMILES string of the molecule is C[C@@H](NC(=O)N1CCC2(CCO2)CC1)c1nc(-c2ccc(Cl)cc2)no1. The lowest BCUT2D eigenvalue weighted by molar-refractivity contribution is -0.169. The second-order valence-corrected chi connectivity index (χ2v) is 7.34. The molecule has 1 atom stereocenters. The Bertz CT molecular complexity index is 778. The molecule has 2 amide bonds. The molecule has 8 heteroatoms. The van der Waals surface area contributed by atoms with Crippen LogP contribution in [0.3, 0.4) is 0 Å². The molecule has 0 bridgehead atoms. The van der Waals surface area contributed by atoms with E-state index in [2.05, 4.69) is 15.5 Å². The second kappa shape index (κ2) is 6.89. The van der Waals surface area contributed by atoms with E-state index in [1.54, 1.807) is 12.1 Å². The molecule has 2 aromatic rings. The maximum atomic E-state index is 12.5. The number of carbonyl (C=O) groups is 1. The lowest BCUT2D eigenvalue weighted by atomic mass is 9.84. The second-order valence-electron chi connectivity index (χ2n) is 6.90. The van der Waals surface area contributed by atoms with E-state index in [0.717, 1.165) is 31.4 Å². The predicted octanol–water partition coefficient (Wildman–Crippen LogP) is 3.42. The van der Waals surface area contributed by atoms with Gasteiger partial charge in [-0.15, -0.1) is 0 Å². The number of benzene rings is 1. The Hall–Kier alpha value is -2.12. The summed E-state index contributed by atoms with van der Waals surface area (Å²) in [6.07, 6.45) is 2.90. The van der Waals surface area contributed by atoms with Gasteiger partial charge in [-0.1, -0.05) is 16.8 Å². The summed E-state index contributed by atoms with van der Waals surface area (Å²) >= 11 is 5.89. The maximum absolute atomic E-state index is 12.5. The monoisotopic (exact) mass is 376 g/mol. The molecule has 1 N–H and O–H groups in total. The summed E-state index contributed by atoms with van der Waals surface area (Å²) in [6, 6.07) is 6.71. The Balaban J connectivity index is 1.35. The first-order chi connectivity index (χ1) is 12.5.